The highest BCUT2D eigenvalue weighted by Gasteiger charge is 2.48. The van der Waals surface area contributed by atoms with Crippen molar-refractivity contribution in [3.63, 3.8) is 0 Å². The van der Waals surface area contributed by atoms with E-state index in [1.807, 2.05) is 60.7 Å². The molecule has 0 aliphatic carbocycles. The van der Waals surface area contributed by atoms with Gasteiger partial charge < -0.3 is 14.8 Å². The van der Waals surface area contributed by atoms with Crippen LogP contribution in [-0.2, 0) is 32.3 Å². The number of Topliss-reactive ketones (excluding diaryl/α,β-unsaturated/α-hetero) is 1. The Labute approximate surface area is 181 Å². The molecule has 0 spiro atoms. The molecule has 0 bridgehead atoms. The van der Waals surface area contributed by atoms with Gasteiger partial charge >= 0.3 is 12.1 Å². The lowest BCUT2D eigenvalue weighted by Crippen LogP contribution is -2.69. The molecule has 0 saturated carbocycles. The Morgan fingerprint density at radius 1 is 0.968 bits per heavy atom. The van der Waals surface area contributed by atoms with Crippen LogP contribution >= 0.6 is 0 Å². The van der Waals surface area contributed by atoms with Gasteiger partial charge in [-0.05, 0) is 31.0 Å². The summed E-state index contributed by atoms with van der Waals surface area (Å²) in [6, 6.07) is 18.1. The summed E-state index contributed by atoms with van der Waals surface area (Å²) in [5, 5.41) is 8.75. The highest BCUT2D eigenvalue weighted by molar-refractivity contribution is 5.90. The summed E-state index contributed by atoms with van der Waals surface area (Å²) in [7, 11) is 0. The molecule has 3 N–H and O–H groups in total. The number of esters is 1. The van der Waals surface area contributed by atoms with Crippen LogP contribution in [0, 0.1) is 0 Å². The van der Waals surface area contributed by atoms with Crippen molar-refractivity contribution in [2.24, 2.45) is 0 Å². The van der Waals surface area contributed by atoms with Gasteiger partial charge in [0.2, 0.25) is 0 Å². The van der Waals surface area contributed by atoms with Crippen LogP contribution in [0.25, 0.3) is 0 Å². The molecule has 1 aliphatic rings. The Hall–Kier alpha value is -3.23. The molecule has 1 fully saturated rings. The maximum absolute atomic E-state index is 12.5. The fourth-order valence-electron chi connectivity index (χ4n) is 3.51. The third-order valence-electron chi connectivity index (χ3n) is 5.16. The van der Waals surface area contributed by atoms with Crippen LogP contribution in [0.1, 0.15) is 24.5 Å². The minimum atomic E-state index is -1.35. The Bertz CT molecular complexity index is 891. The molecule has 164 valence electrons. The average Bonchev–Trinajstić information content (AvgIpc) is 3.20. The number of ether oxygens (including phenoxy) is 2. The van der Waals surface area contributed by atoms with Crippen molar-refractivity contribution in [1.82, 2.24) is 16.0 Å². The quantitative estimate of drug-likeness (QED) is 0.527. The fraction of sp³-hybridized carbons (Fsp3) is 0.348. The minimum Gasteiger partial charge on any atom is -0.460 e. The van der Waals surface area contributed by atoms with E-state index in [0.717, 1.165) is 11.1 Å². The van der Waals surface area contributed by atoms with Gasteiger partial charge in [0.25, 0.3) is 0 Å². The lowest BCUT2D eigenvalue weighted by molar-refractivity contribution is -0.144. The van der Waals surface area contributed by atoms with Gasteiger partial charge in [-0.3, -0.25) is 20.2 Å². The SMILES string of the molecule is CC(=O)[C@]1(NC(=O)OCc2ccccc2)NCCC1NCC(=O)OCc1ccccc1. The Morgan fingerprint density at radius 3 is 2.13 bits per heavy atom. The van der Waals surface area contributed by atoms with Gasteiger partial charge in [0.05, 0.1) is 12.6 Å². The third-order valence-corrected chi connectivity index (χ3v) is 5.16. The van der Waals surface area contributed by atoms with Crippen molar-refractivity contribution in [3.8, 4) is 0 Å². The van der Waals surface area contributed by atoms with Crippen LogP contribution in [0.15, 0.2) is 60.7 Å². The van der Waals surface area contributed by atoms with Gasteiger partial charge in [-0.1, -0.05) is 60.7 Å². The number of ketones is 1. The van der Waals surface area contributed by atoms with E-state index >= 15 is 0 Å². The molecule has 2 atom stereocenters. The number of amides is 1. The van der Waals surface area contributed by atoms with Crippen LogP contribution in [0.4, 0.5) is 4.79 Å². The van der Waals surface area contributed by atoms with Gasteiger partial charge in [0.1, 0.15) is 13.2 Å². The van der Waals surface area contributed by atoms with E-state index in [0.29, 0.717) is 13.0 Å². The monoisotopic (exact) mass is 425 g/mol. The molecule has 2 aromatic rings. The minimum absolute atomic E-state index is 0.0879. The average molecular weight is 425 g/mol. The third kappa shape index (κ3) is 6.13. The molecule has 1 heterocycles. The smallest absolute Gasteiger partial charge is 0.409 e. The van der Waals surface area contributed by atoms with Gasteiger partial charge in [0.15, 0.2) is 11.4 Å². The number of benzene rings is 2. The molecule has 1 unspecified atom stereocenters. The maximum atomic E-state index is 12.5. The summed E-state index contributed by atoms with van der Waals surface area (Å²) in [6.07, 6.45) is -0.170. The predicted molar refractivity (Wildman–Crippen MR) is 114 cm³/mol. The number of alkyl carbamates (subject to hydrolysis) is 1. The number of hydrogen-bond acceptors (Lipinski definition) is 7. The zero-order chi connectivity index (χ0) is 22.1. The van der Waals surface area contributed by atoms with Crippen molar-refractivity contribution in [3.05, 3.63) is 71.8 Å². The molecular weight excluding hydrogens is 398 g/mol. The summed E-state index contributed by atoms with van der Waals surface area (Å²) in [6.45, 7) is 2.05. The first kappa shape index (κ1) is 22.5. The fourth-order valence-corrected chi connectivity index (χ4v) is 3.51. The summed E-state index contributed by atoms with van der Waals surface area (Å²) in [4.78, 5) is 37.0. The number of carbonyl (C=O) groups excluding carboxylic acids is 3. The largest absolute Gasteiger partial charge is 0.460 e. The van der Waals surface area contributed by atoms with Crippen LogP contribution in [0.2, 0.25) is 0 Å². The zero-order valence-corrected chi connectivity index (χ0v) is 17.4. The second kappa shape index (κ2) is 10.7. The molecule has 3 rings (SSSR count). The Balaban J connectivity index is 1.53. The molecule has 8 nitrogen and oxygen atoms in total. The van der Waals surface area contributed by atoms with E-state index in [1.165, 1.54) is 6.92 Å². The molecule has 0 radical (unpaired) electrons. The summed E-state index contributed by atoms with van der Waals surface area (Å²) >= 11 is 0. The highest BCUT2D eigenvalue weighted by Crippen LogP contribution is 2.19. The molecule has 1 amide bonds. The number of rotatable bonds is 9. The van der Waals surface area contributed by atoms with Crippen LogP contribution < -0.4 is 16.0 Å². The molecule has 1 saturated heterocycles. The molecule has 8 heteroatoms. The number of carbonyl (C=O) groups is 3. The summed E-state index contributed by atoms with van der Waals surface area (Å²) in [5.41, 5.74) is 0.372. The van der Waals surface area contributed by atoms with Crippen molar-refractivity contribution >= 4 is 17.8 Å². The van der Waals surface area contributed by atoms with Crippen LogP contribution in [0.5, 0.6) is 0 Å². The van der Waals surface area contributed by atoms with Crippen molar-refractivity contribution in [2.45, 2.75) is 38.3 Å². The van der Waals surface area contributed by atoms with E-state index in [1.54, 1.807) is 0 Å². The van der Waals surface area contributed by atoms with E-state index in [9.17, 15) is 14.4 Å². The Kier molecular flexibility index (Phi) is 7.75. The maximum Gasteiger partial charge on any atom is 0.409 e. The molecule has 0 aromatic heterocycles. The first-order valence-corrected chi connectivity index (χ1v) is 10.2. The van der Waals surface area contributed by atoms with Gasteiger partial charge in [-0.15, -0.1) is 0 Å². The van der Waals surface area contributed by atoms with Crippen molar-refractivity contribution in [1.29, 1.82) is 0 Å². The number of nitrogens with one attached hydrogen (secondary N) is 3. The van der Waals surface area contributed by atoms with Gasteiger partial charge in [-0.2, -0.15) is 0 Å². The predicted octanol–water partition coefficient (Wildman–Crippen LogP) is 1.89. The van der Waals surface area contributed by atoms with E-state index in [-0.39, 0.29) is 25.5 Å². The second-order valence-corrected chi connectivity index (χ2v) is 7.35. The first-order valence-electron chi connectivity index (χ1n) is 10.2. The van der Waals surface area contributed by atoms with Crippen molar-refractivity contribution < 1.29 is 23.9 Å². The van der Waals surface area contributed by atoms with Crippen LogP contribution in [-0.4, -0.2) is 42.6 Å². The van der Waals surface area contributed by atoms with E-state index in [4.69, 9.17) is 9.47 Å². The summed E-state index contributed by atoms with van der Waals surface area (Å²) in [5.74, 6) is -0.725. The Morgan fingerprint density at radius 2 is 1.55 bits per heavy atom. The van der Waals surface area contributed by atoms with Crippen molar-refractivity contribution in [2.75, 3.05) is 13.1 Å². The molecule has 1 aliphatic heterocycles. The lowest BCUT2D eigenvalue weighted by Gasteiger charge is -2.34. The van der Waals surface area contributed by atoms with E-state index in [2.05, 4.69) is 16.0 Å². The highest BCUT2D eigenvalue weighted by atomic mass is 16.5. The lowest BCUT2D eigenvalue weighted by atomic mass is 9.97. The molecular formula is C23H27N3O5. The summed E-state index contributed by atoms with van der Waals surface area (Å²) < 4.78 is 10.5. The number of hydrogen-bond donors (Lipinski definition) is 3. The van der Waals surface area contributed by atoms with Crippen LogP contribution in [0.3, 0.4) is 0 Å². The standard InChI is InChI=1S/C23H27N3O5/c1-17(27)23(26-22(29)31-16-19-10-6-3-7-11-19)20(12-13-25-23)24-14-21(28)30-15-18-8-4-2-5-9-18/h2-11,20,24-25H,12-16H2,1H3,(H,26,29)/t20?,23-/m1/s1. The van der Waals surface area contributed by atoms with Gasteiger partial charge in [0, 0.05) is 0 Å². The topological polar surface area (TPSA) is 106 Å². The molecule has 31 heavy (non-hydrogen) atoms. The van der Waals surface area contributed by atoms with Gasteiger partial charge in [-0.25, -0.2) is 4.79 Å². The second-order valence-electron chi connectivity index (χ2n) is 7.35. The molecule has 2 aromatic carbocycles. The normalized spacial score (nSPS) is 20.1. The first-order chi connectivity index (χ1) is 15.0. The zero-order valence-electron chi connectivity index (χ0n) is 17.4. The van der Waals surface area contributed by atoms with E-state index < -0.39 is 23.8 Å².